The molecule has 246 valence electrons. The maximum atomic E-state index is 14.5. The van der Waals surface area contributed by atoms with Crippen LogP contribution < -0.4 is 29.7 Å². The molecule has 0 radical (unpaired) electrons. The molecule has 0 spiro atoms. The summed E-state index contributed by atoms with van der Waals surface area (Å²) in [6.45, 7) is 4.25. The molecule has 0 fully saturated rings. The van der Waals surface area contributed by atoms with Crippen molar-refractivity contribution < 1.29 is 18.7 Å². The SMILES string of the molecule is COc1ccc([C@@H]2C(C(=O)Nc3ccccc3C)=C(C)N=c3s/c(=C\c4cn(Cc5ccc(F)cc5)c5ccccc45)c(=O)n32)cc1OC. The second kappa shape index (κ2) is 13.0. The van der Waals surface area contributed by atoms with Gasteiger partial charge in [0, 0.05) is 34.9 Å². The largest absolute Gasteiger partial charge is 0.493 e. The summed E-state index contributed by atoms with van der Waals surface area (Å²) >= 11 is 1.28. The van der Waals surface area contributed by atoms with Gasteiger partial charge in [-0.05, 0) is 73.0 Å². The number of thiazole rings is 1. The number of amides is 1. The number of carbonyl (C=O) groups is 1. The van der Waals surface area contributed by atoms with Crippen LogP contribution in [0.25, 0.3) is 17.0 Å². The lowest BCUT2D eigenvalue weighted by Crippen LogP contribution is -2.40. The molecule has 0 bridgehead atoms. The highest BCUT2D eigenvalue weighted by Crippen LogP contribution is 2.36. The van der Waals surface area contributed by atoms with E-state index in [-0.39, 0.29) is 17.3 Å². The van der Waals surface area contributed by atoms with E-state index >= 15 is 0 Å². The van der Waals surface area contributed by atoms with Gasteiger partial charge < -0.3 is 19.4 Å². The highest BCUT2D eigenvalue weighted by molar-refractivity contribution is 7.07. The molecule has 0 unspecified atom stereocenters. The number of carbonyl (C=O) groups excluding carboxylic acids is 1. The van der Waals surface area contributed by atoms with Crippen LogP contribution in [0.3, 0.4) is 0 Å². The summed E-state index contributed by atoms with van der Waals surface area (Å²) in [5.74, 6) is 0.370. The van der Waals surface area contributed by atoms with Crippen molar-refractivity contribution in [2.75, 3.05) is 19.5 Å². The van der Waals surface area contributed by atoms with Crippen LogP contribution >= 0.6 is 11.3 Å². The van der Waals surface area contributed by atoms with Crippen LogP contribution in [0.2, 0.25) is 0 Å². The number of ether oxygens (including phenoxy) is 2. The molecule has 8 nitrogen and oxygen atoms in total. The number of aryl methyl sites for hydroxylation is 1. The van der Waals surface area contributed by atoms with Gasteiger partial charge >= 0.3 is 0 Å². The lowest BCUT2D eigenvalue weighted by atomic mass is 9.94. The van der Waals surface area contributed by atoms with Crippen LogP contribution in [0.1, 0.15) is 35.2 Å². The van der Waals surface area contributed by atoms with Gasteiger partial charge in [-0.2, -0.15) is 0 Å². The lowest BCUT2D eigenvalue weighted by Gasteiger charge is -2.26. The molecule has 49 heavy (non-hydrogen) atoms. The summed E-state index contributed by atoms with van der Waals surface area (Å²) in [4.78, 5) is 33.9. The van der Waals surface area contributed by atoms with Crippen molar-refractivity contribution in [2.24, 2.45) is 4.99 Å². The van der Waals surface area contributed by atoms with E-state index in [1.807, 2.05) is 73.8 Å². The van der Waals surface area contributed by atoms with E-state index in [9.17, 15) is 14.0 Å². The molecular weight excluding hydrogens is 640 g/mol. The zero-order valence-electron chi connectivity index (χ0n) is 27.4. The third-order valence-corrected chi connectivity index (χ3v) is 9.74. The van der Waals surface area contributed by atoms with Crippen molar-refractivity contribution >= 4 is 39.9 Å². The van der Waals surface area contributed by atoms with Gasteiger partial charge in [0.2, 0.25) is 0 Å². The van der Waals surface area contributed by atoms with E-state index in [1.54, 1.807) is 50.0 Å². The Morgan fingerprint density at radius 3 is 2.45 bits per heavy atom. The number of fused-ring (bicyclic) bond motifs is 2. The Balaban J connectivity index is 1.38. The summed E-state index contributed by atoms with van der Waals surface area (Å²) in [5, 5.41) is 4.02. The summed E-state index contributed by atoms with van der Waals surface area (Å²) in [6.07, 6.45) is 3.88. The van der Waals surface area contributed by atoms with E-state index in [1.165, 1.54) is 23.5 Å². The predicted molar refractivity (Wildman–Crippen MR) is 191 cm³/mol. The zero-order chi connectivity index (χ0) is 34.2. The van der Waals surface area contributed by atoms with Crippen molar-refractivity contribution in [3.63, 3.8) is 0 Å². The second-order valence-electron chi connectivity index (χ2n) is 11.8. The number of aromatic nitrogens is 2. The van der Waals surface area contributed by atoms with Gasteiger partial charge in [-0.15, -0.1) is 0 Å². The van der Waals surface area contributed by atoms with Crippen LogP contribution in [-0.2, 0) is 11.3 Å². The van der Waals surface area contributed by atoms with Crippen LogP contribution in [0.5, 0.6) is 11.5 Å². The number of rotatable bonds is 8. The molecule has 0 saturated carbocycles. The first-order valence-electron chi connectivity index (χ1n) is 15.7. The van der Waals surface area contributed by atoms with Gasteiger partial charge in [0.25, 0.3) is 11.5 Å². The number of hydrogen-bond donors (Lipinski definition) is 1. The molecule has 6 aromatic rings. The Hall–Kier alpha value is -5.74. The monoisotopic (exact) mass is 672 g/mol. The van der Waals surface area contributed by atoms with E-state index in [0.717, 1.165) is 27.6 Å². The number of anilines is 1. The summed E-state index contributed by atoms with van der Waals surface area (Å²) < 4.78 is 28.9. The van der Waals surface area contributed by atoms with Gasteiger partial charge in [-0.25, -0.2) is 9.38 Å². The normalized spacial score (nSPS) is 14.5. The molecule has 4 aromatic carbocycles. The molecule has 0 saturated heterocycles. The van der Waals surface area contributed by atoms with Gasteiger partial charge in [-0.1, -0.05) is 65.9 Å². The second-order valence-corrected chi connectivity index (χ2v) is 12.8. The van der Waals surface area contributed by atoms with Crippen LogP contribution in [0, 0.1) is 12.7 Å². The zero-order valence-corrected chi connectivity index (χ0v) is 28.2. The minimum atomic E-state index is -0.790. The molecule has 1 atom stereocenters. The molecule has 1 aliphatic heterocycles. The Kier molecular flexibility index (Phi) is 8.48. The standard InChI is InChI=1S/C39H33FN4O4S/c1-23-9-5-7-11-30(23)42-37(45)35-24(2)41-39-44(36(35)26-15-18-32(47-3)33(19-26)48-4)38(46)34(49-39)20-27-22-43(31-12-8-6-10-29(27)31)21-25-13-16-28(40)17-14-25/h5-20,22,36H,21H2,1-4H3,(H,42,45)/b34-20-/t36-/m1/s1. The van der Waals surface area contributed by atoms with Crippen LogP contribution in [0.15, 0.2) is 118 Å². The van der Waals surface area contributed by atoms with Crippen molar-refractivity contribution in [1.29, 1.82) is 0 Å². The number of para-hydroxylation sites is 2. The van der Waals surface area contributed by atoms with Crippen LogP contribution in [-0.4, -0.2) is 29.3 Å². The van der Waals surface area contributed by atoms with Gasteiger partial charge in [0.05, 0.1) is 36.1 Å². The number of halogens is 1. The Labute approximate surface area is 285 Å². The first-order valence-corrected chi connectivity index (χ1v) is 16.5. The molecule has 2 aromatic heterocycles. The Morgan fingerprint density at radius 1 is 0.959 bits per heavy atom. The topological polar surface area (TPSA) is 86.9 Å². The van der Waals surface area contributed by atoms with Gasteiger partial charge in [0.1, 0.15) is 5.82 Å². The van der Waals surface area contributed by atoms with Crippen molar-refractivity contribution in [1.82, 2.24) is 9.13 Å². The number of hydrogen-bond acceptors (Lipinski definition) is 6. The van der Waals surface area contributed by atoms with E-state index in [0.29, 0.717) is 49.9 Å². The molecule has 7 rings (SSSR count). The van der Waals surface area contributed by atoms with Crippen molar-refractivity contribution in [3.8, 4) is 11.5 Å². The lowest BCUT2D eigenvalue weighted by molar-refractivity contribution is -0.113. The minimum absolute atomic E-state index is 0.271. The molecule has 3 heterocycles. The fourth-order valence-electron chi connectivity index (χ4n) is 6.30. The quantitative estimate of drug-likeness (QED) is 0.205. The third-order valence-electron chi connectivity index (χ3n) is 8.76. The fourth-order valence-corrected chi connectivity index (χ4v) is 7.34. The highest BCUT2D eigenvalue weighted by atomic mass is 32.1. The first-order chi connectivity index (χ1) is 23.7. The molecule has 1 N–H and O–H groups in total. The maximum absolute atomic E-state index is 14.5. The number of allylic oxidation sites excluding steroid dienone is 1. The highest BCUT2D eigenvalue weighted by Gasteiger charge is 2.33. The average Bonchev–Trinajstić information content (AvgIpc) is 3.61. The summed E-state index contributed by atoms with van der Waals surface area (Å²) in [7, 11) is 3.11. The number of nitrogens with one attached hydrogen (secondary N) is 1. The van der Waals surface area contributed by atoms with Crippen molar-refractivity contribution in [3.05, 3.63) is 156 Å². The van der Waals surface area contributed by atoms with Crippen molar-refractivity contribution in [2.45, 2.75) is 26.4 Å². The average molecular weight is 673 g/mol. The van der Waals surface area contributed by atoms with Gasteiger partial charge in [-0.3, -0.25) is 14.2 Å². The smallest absolute Gasteiger partial charge is 0.271 e. The van der Waals surface area contributed by atoms with E-state index in [4.69, 9.17) is 14.5 Å². The number of nitrogens with zero attached hydrogens (tertiary/aromatic N) is 3. The molecule has 1 aliphatic rings. The first kappa shape index (κ1) is 31.8. The Bertz CT molecular complexity index is 2460. The fraction of sp³-hybridized carbons (Fsp3) is 0.154. The number of methoxy groups -OCH3 is 2. The summed E-state index contributed by atoms with van der Waals surface area (Å²) in [6, 6.07) is 26.6. The van der Waals surface area contributed by atoms with Crippen LogP contribution in [0.4, 0.5) is 10.1 Å². The van der Waals surface area contributed by atoms with E-state index in [2.05, 4.69) is 9.88 Å². The molecule has 0 aliphatic carbocycles. The van der Waals surface area contributed by atoms with E-state index < -0.39 is 6.04 Å². The maximum Gasteiger partial charge on any atom is 0.271 e. The predicted octanol–water partition coefficient (Wildman–Crippen LogP) is 6.34. The number of benzene rings is 4. The molecule has 1 amide bonds. The third kappa shape index (κ3) is 5.95. The summed E-state index contributed by atoms with van der Waals surface area (Å²) in [5.41, 5.74) is 5.65. The minimum Gasteiger partial charge on any atom is -0.493 e. The Morgan fingerprint density at radius 2 is 1.69 bits per heavy atom. The molecule has 10 heteroatoms. The molecular formula is C39H33FN4O4S. The van der Waals surface area contributed by atoms with Gasteiger partial charge in [0.15, 0.2) is 16.3 Å².